The Balaban J connectivity index is 2.08. The number of aryl methyl sites for hydroxylation is 2. The van der Waals surface area contributed by atoms with E-state index in [1.807, 2.05) is 0 Å². The van der Waals surface area contributed by atoms with Crippen LogP contribution in [0.15, 0.2) is 30.4 Å². The first kappa shape index (κ1) is 11.7. The van der Waals surface area contributed by atoms with Gasteiger partial charge < -0.3 is 0 Å². The summed E-state index contributed by atoms with van der Waals surface area (Å²) in [6, 6.07) is 6.94. The summed E-state index contributed by atoms with van der Waals surface area (Å²) >= 11 is 5.81. The van der Waals surface area contributed by atoms with Crippen molar-refractivity contribution in [3.8, 4) is 0 Å². The highest BCUT2D eigenvalue weighted by atomic mass is 35.5. The predicted molar refractivity (Wildman–Crippen MR) is 71.2 cm³/mol. The van der Waals surface area contributed by atoms with E-state index in [0.29, 0.717) is 11.8 Å². The molecule has 0 amide bonds. The Morgan fingerprint density at radius 3 is 2.88 bits per heavy atom. The fourth-order valence-corrected chi connectivity index (χ4v) is 2.65. The molecule has 1 aliphatic rings. The first-order valence-corrected chi connectivity index (χ1v) is 6.58. The SMILES string of the molecule is C=C(CCl)C(C)Cc1ccc2c(c1)CCC2. The van der Waals surface area contributed by atoms with Crippen molar-refractivity contribution in [2.45, 2.75) is 32.6 Å². The molecule has 2 rings (SSSR count). The van der Waals surface area contributed by atoms with E-state index in [1.54, 1.807) is 11.1 Å². The lowest BCUT2D eigenvalue weighted by atomic mass is 9.94. The molecule has 86 valence electrons. The largest absolute Gasteiger partial charge is 0.122 e. The van der Waals surface area contributed by atoms with Gasteiger partial charge in [-0.25, -0.2) is 0 Å². The third kappa shape index (κ3) is 2.49. The van der Waals surface area contributed by atoms with Crippen LogP contribution < -0.4 is 0 Å². The van der Waals surface area contributed by atoms with Crippen LogP contribution >= 0.6 is 11.6 Å². The third-order valence-corrected chi connectivity index (χ3v) is 3.92. The highest BCUT2D eigenvalue weighted by Crippen LogP contribution is 2.25. The molecule has 1 aromatic rings. The molecule has 0 saturated carbocycles. The van der Waals surface area contributed by atoms with Crippen LogP contribution in [-0.2, 0) is 19.3 Å². The Morgan fingerprint density at radius 1 is 1.38 bits per heavy atom. The van der Waals surface area contributed by atoms with Crippen molar-refractivity contribution >= 4 is 11.6 Å². The van der Waals surface area contributed by atoms with Gasteiger partial charge in [0.1, 0.15) is 0 Å². The van der Waals surface area contributed by atoms with E-state index >= 15 is 0 Å². The van der Waals surface area contributed by atoms with E-state index in [-0.39, 0.29) is 0 Å². The first-order valence-electron chi connectivity index (χ1n) is 6.05. The van der Waals surface area contributed by atoms with Gasteiger partial charge in [0.15, 0.2) is 0 Å². The van der Waals surface area contributed by atoms with Crippen molar-refractivity contribution in [1.82, 2.24) is 0 Å². The number of allylic oxidation sites excluding steroid dienone is 1. The molecular weight excluding hydrogens is 216 g/mol. The smallest absolute Gasteiger partial charge is 0.0433 e. The summed E-state index contributed by atoms with van der Waals surface area (Å²) in [5, 5.41) is 0. The van der Waals surface area contributed by atoms with Gasteiger partial charge in [-0.1, -0.05) is 37.3 Å². The van der Waals surface area contributed by atoms with Crippen LogP contribution in [0, 0.1) is 5.92 Å². The van der Waals surface area contributed by atoms with Gasteiger partial charge in [0.05, 0.1) is 0 Å². The van der Waals surface area contributed by atoms with Crippen LogP contribution in [0.4, 0.5) is 0 Å². The topological polar surface area (TPSA) is 0 Å². The number of benzene rings is 1. The zero-order chi connectivity index (χ0) is 11.5. The van der Waals surface area contributed by atoms with Crippen LogP contribution in [0.1, 0.15) is 30.0 Å². The van der Waals surface area contributed by atoms with Crippen molar-refractivity contribution in [2.75, 3.05) is 5.88 Å². The standard InChI is InChI=1S/C15H19Cl/c1-11(12(2)10-16)8-13-6-7-14-4-3-5-15(14)9-13/h6-7,9,11H,2-5,8,10H2,1H3. The summed E-state index contributed by atoms with van der Waals surface area (Å²) in [6.45, 7) is 6.22. The maximum absolute atomic E-state index is 5.81. The summed E-state index contributed by atoms with van der Waals surface area (Å²) in [6.07, 6.45) is 4.91. The van der Waals surface area contributed by atoms with Gasteiger partial charge in [-0.2, -0.15) is 0 Å². The van der Waals surface area contributed by atoms with Gasteiger partial charge in [0.25, 0.3) is 0 Å². The minimum Gasteiger partial charge on any atom is -0.122 e. The molecular formula is C15H19Cl. The average molecular weight is 235 g/mol. The van der Waals surface area contributed by atoms with Crippen LogP contribution in [-0.4, -0.2) is 5.88 Å². The molecule has 1 aliphatic carbocycles. The zero-order valence-electron chi connectivity index (χ0n) is 9.93. The number of alkyl halides is 1. The molecule has 0 spiro atoms. The van der Waals surface area contributed by atoms with Gasteiger partial charge in [-0.05, 0) is 48.3 Å². The molecule has 1 aromatic carbocycles. The van der Waals surface area contributed by atoms with Gasteiger partial charge in [0, 0.05) is 5.88 Å². The molecule has 1 atom stereocenters. The van der Waals surface area contributed by atoms with Gasteiger partial charge >= 0.3 is 0 Å². The number of fused-ring (bicyclic) bond motifs is 1. The Bertz CT molecular complexity index is 392. The first-order chi connectivity index (χ1) is 7.70. The number of hydrogen-bond acceptors (Lipinski definition) is 0. The Hall–Kier alpha value is -0.750. The maximum Gasteiger partial charge on any atom is 0.0433 e. The molecule has 1 unspecified atom stereocenters. The predicted octanol–water partition coefficient (Wildman–Crippen LogP) is 4.15. The van der Waals surface area contributed by atoms with Crippen LogP contribution in [0.3, 0.4) is 0 Å². The van der Waals surface area contributed by atoms with Crippen molar-refractivity contribution in [3.05, 3.63) is 47.0 Å². The Kier molecular flexibility index (Phi) is 3.70. The Morgan fingerprint density at radius 2 is 2.12 bits per heavy atom. The molecule has 0 radical (unpaired) electrons. The van der Waals surface area contributed by atoms with E-state index in [1.165, 1.54) is 24.8 Å². The van der Waals surface area contributed by atoms with Crippen LogP contribution in [0.25, 0.3) is 0 Å². The molecule has 0 fully saturated rings. The summed E-state index contributed by atoms with van der Waals surface area (Å²) in [7, 11) is 0. The van der Waals surface area contributed by atoms with Crippen LogP contribution in [0.2, 0.25) is 0 Å². The fourth-order valence-electron chi connectivity index (χ4n) is 2.38. The lowest BCUT2D eigenvalue weighted by Crippen LogP contribution is -2.04. The summed E-state index contributed by atoms with van der Waals surface area (Å²) in [4.78, 5) is 0. The molecule has 0 saturated heterocycles. The van der Waals surface area contributed by atoms with Crippen LogP contribution in [0.5, 0.6) is 0 Å². The van der Waals surface area contributed by atoms with E-state index in [2.05, 4.69) is 31.7 Å². The van der Waals surface area contributed by atoms with E-state index in [9.17, 15) is 0 Å². The molecule has 0 aliphatic heterocycles. The van der Waals surface area contributed by atoms with Gasteiger partial charge in [-0.3, -0.25) is 0 Å². The minimum atomic E-state index is 0.483. The summed E-state index contributed by atoms with van der Waals surface area (Å²) in [5.74, 6) is 1.06. The minimum absolute atomic E-state index is 0.483. The normalized spacial score (nSPS) is 15.9. The van der Waals surface area contributed by atoms with Crippen molar-refractivity contribution in [2.24, 2.45) is 5.92 Å². The average Bonchev–Trinajstić information content (AvgIpc) is 2.75. The second-order valence-electron chi connectivity index (χ2n) is 4.85. The molecule has 0 heterocycles. The van der Waals surface area contributed by atoms with Crippen molar-refractivity contribution in [3.63, 3.8) is 0 Å². The Labute approximate surface area is 103 Å². The highest BCUT2D eigenvalue weighted by Gasteiger charge is 2.12. The zero-order valence-corrected chi connectivity index (χ0v) is 10.7. The number of rotatable bonds is 4. The lowest BCUT2D eigenvalue weighted by molar-refractivity contribution is 0.681. The van der Waals surface area contributed by atoms with Crippen molar-refractivity contribution < 1.29 is 0 Å². The third-order valence-electron chi connectivity index (χ3n) is 3.57. The van der Waals surface area contributed by atoms with Gasteiger partial charge in [0.2, 0.25) is 0 Å². The molecule has 0 bridgehead atoms. The van der Waals surface area contributed by atoms with E-state index in [0.717, 1.165) is 12.0 Å². The monoisotopic (exact) mass is 234 g/mol. The second-order valence-corrected chi connectivity index (χ2v) is 5.12. The van der Waals surface area contributed by atoms with E-state index < -0.39 is 0 Å². The molecule has 0 aromatic heterocycles. The molecule has 0 nitrogen and oxygen atoms in total. The molecule has 1 heteroatoms. The molecule has 0 N–H and O–H groups in total. The summed E-state index contributed by atoms with van der Waals surface area (Å²) in [5.41, 5.74) is 5.68. The summed E-state index contributed by atoms with van der Waals surface area (Å²) < 4.78 is 0. The van der Waals surface area contributed by atoms with Crippen molar-refractivity contribution in [1.29, 1.82) is 0 Å². The molecule has 16 heavy (non-hydrogen) atoms. The lowest BCUT2D eigenvalue weighted by Gasteiger charge is -2.13. The quantitative estimate of drug-likeness (QED) is 0.543. The van der Waals surface area contributed by atoms with Gasteiger partial charge in [-0.15, -0.1) is 11.6 Å². The number of halogens is 1. The van der Waals surface area contributed by atoms with E-state index in [4.69, 9.17) is 11.6 Å². The second kappa shape index (κ2) is 5.05. The fraction of sp³-hybridized carbons (Fsp3) is 0.467. The maximum atomic E-state index is 5.81. The highest BCUT2D eigenvalue weighted by molar-refractivity contribution is 6.19. The number of hydrogen-bond donors (Lipinski definition) is 0.